The largest absolute Gasteiger partial charge is 0.485 e. The molecule has 1 aromatic carbocycles. The molecule has 2 rings (SSSR count). The standard InChI is InChI=1S/C11H11BrO4/c1-2-14-11(13)10-6-15-9-5-7(12)3-4-8(9)16-10/h3-5,10H,2,6H2,1H3. The topological polar surface area (TPSA) is 44.8 Å². The van der Waals surface area contributed by atoms with Gasteiger partial charge in [-0.2, -0.15) is 0 Å². The summed E-state index contributed by atoms with van der Waals surface area (Å²) < 4.78 is 16.7. The van der Waals surface area contributed by atoms with E-state index in [2.05, 4.69) is 15.9 Å². The number of carbonyl (C=O) groups excluding carboxylic acids is 1. The average molecular weight is 287 g/mol. The summed E-state index contributed by atoms with van der Waals surface area (Å²) in [5.74, 6) is 0.804. The minimum Gasteiger partial charge on any atom is -0.485 e. The molecule has 4 nitrogen and oxygen atoms in total. The third kappa shape index (κ3) is 2.29. The molecule has 1 aromatic rings. The van der Waals surface area contributed by atoms with Crippen LogP contribution in [0.15, 0.2) is 22.7 Å². The van der Waals surface area contributed by atoms with E-state index in [4.69, 9.17) is 14.2 Å². The number of rotatable bonds is 2. The molecule has 1 aliphatic heterocycles. The Kier molecular flexibility index (Phi) is 3.33. The van der Waals surface area contributed by atoms with Crippen LogP contribution in [0.2, 0.25) is 0 Å². The maximum absolute atomic E-state index is 11.4. The first kappa shape index (κ1) is 11.3. The Morgan fingerprint density at radius 2 is 2.38 bits per heavy atom. The predicted molar refractivity (Wildman–Crippen MR) is 60.7 cm³/mol. The van der Waals surface area contributed by atoms with E-state index in [0.29, 0.717) is 18.1 Å². The van der Waals surface area contributed by atoms with Crippen molar-refractivity contribution in [2.75, 3.05) is 13.2 Å². The lowest BCUT2D eigenvalue weighted by molar-refractivity contribution is -0.153. The van der Waals surface area contributed by atoms with Crippen LogP contribution in [0.4, 0.5) is 0 Å². The van der Waals surface area contributed by atoms with Crippen molar-refractivity contribution in [1.29, 1.82) is 0 Å². The molecule has 0 aliphatic carbocycles. The Balaban J connectivity index is 2.12. The van der Waals surface area contributed by atoms with Crippen molar-refractivity contribution >= 4 is 21.9 Å². The van der Waals surface area contributed by atoms with Crippen molar-refractivity contribution in [3.05, 3.63) is 22.7 Å². The van der Waals surface area contributed by atoms with Gasteiger partial charge in [0.1, 0.15) is 6.61 Å². The first-order chi connectivity index (χ1) is 7.70. The number of fused-ring (bicyclic) bond motifs is 1. The summed E-state index contributed by atoms with van der Waals surface area (Å²) >= 11 is 3.33. The van der Waals surface area contributed by atoms with Gasteiger partial charge in [-0.15, -0.1) is 0 Å². The minimum atomic E-state index is -0.673. The summed E-state index contributed by atoms with van der Waals surface area (Å²) in [4.78, 5) is 11.4. The zero-order valence-corrected chi connectivity index (χ0v) is 10.3. The van der Waals surface area contributed by atoms with Crippen LogP contribution in [-0.2, 0) is 9.53 Å². The van der Waals surface area contributed by atoms with Crippen LogP contribution < -0.4 is 9.47 Å². The maximum Gasteiger partial charge on any atom is 0.350 e. The van der Waals surface area contributed by atoms with Gasteiger partial charge in [-0.1, -0.05) is 15.9 Å². The van der Waals surface area contributed by atoms with Gasteiger partial charge in [0.25, 0.3) is 0 Å². The van der Waals surface area contributed by atoms with Gasteiger partial charge >= 0.3 is 5.97 Å². The molecule has 0 spiro atoms. The SMILES string of the molecule is CCOC(=O)C1COc2cc(Br)ccc2O1. The third-order valence-electron chi connectivity index (χ3n) is 2.11. The average Bonchev–Trinajstić information content (AvgIpc) is 2.28. The molecule has 0 N–H and O–H groups in total. The Labute approximate surface area is 102 Å². The van der Waals surface area contributed by atoms with E-state index in [1.54, 1.807) is 19.1 Å². The first-order valence-electron chi connectivity index (χ1n) is 4.96. The number of esters is 1. The Hall–Kier alpha value is -1.23. The molecule has 16 heavy (non-hydrogen) atoms. The fraction of sp³-hybridized carbons (Fsp3) is 0.364. The van der Waals surface area contributed by atoms with Crippen molar-refractivity contribution in [3.63, 3.8) is 0 Å². The van der Waals surface area contributed by atoms with E-state index >= 15 is 0 Å². The monoisotopic (exact) mass is 286 g/mol. The molecule has 1 aliphatic rings. The molecule has 1 atom stereocenters. The van der Waals surface area contributed by atoms with Crippen LogP contribution in [-0.4, -0.2) is 25.3 Å². The number of halogens is 1. The van der Waals surface area contributed by atoms with Gasteiger partial charge < -0.3 is 14.2 Å². The zero-order chi connectivity index (χ0) is 11.5. The molecule has 0 radical (unpaired) electrons. The second-order valence-electron chi connectivity index (χ2n) is 3.26. The summed E-state index contributed by atoms with van der Waals surface area (Å²) in [5.41, 5.74) is 0. The summed E-state index contributed by atoms with van der Waals surface area (Å²) in [6.45, 7) is 2.28. The number of benzene rings is 1. The number of ether oxygens (including phenoxy) is 3. The molecule has 1 heterocycles. The van der Waals surface area contributed by atoms with E-state index in [1.807, 2.05) is 6.07 Å². The van der Waals surface area contributed by atoms with Crippen LogP contribution in [0.5, 0.6) is 11.5 Å². The van der Waals surface area contributed by atoms with Gasteiger partial charge in [0.2, 0.25) is 6.10 Å². The summed E-state index contributed by atoms with van der Waals surface area (Å²) in [7, 11) is 0. The summed E-state index contributed by atoms with van der Waals surface area (Å²) in [6.07, 6.45) is -0.673. The van der Waals surface area contributed by atoms with Crippen LogP contribution in [0.25, 0.3) is 0 Å². The van der Waals surface area contributed by atoms with E-state index in [9.17, 15) is 4.79 Å². The molecular formula is C11H11BrO4. The van der Waals surface area contributed by atoms with Gasteiger partial charge in [0, 0.05) is 4.47 Å². The minimum absolute atomic E-state index is 0.183. The van der Waals surface area contributed by atoms with Crippen LogP contribution in [0.1, 0.15) is 6.92 Å². The lowest BCUT2D eigenvalue weighted by Crippen LogP contribution is -2.37. The van der Waals surface area contributed by atoms with E-state index < -0.39 is 12.1 Å². The highest BCUT2D eigenvalue weighted by atomic mass is 79.9. The lowest BCUT2D eigenvalue weighted by atomic mass is 10.2. The zero-order valence-electron chi connectivity index (χ0n) is 8.73. The Morgan fingerprint density at radius 3 is 3.12 bits per heavy atom. The lowest BCUT2D eigenvalue weighted by Gasteiger charge is -2.24. The quantitative estimate of drug-likeness (QED) is 0.782. The Bertz CT molecular complexity index is 405. The van der Waals surface area contributed by atoms with Gasteiger partial charge in [-0.05, 0) is 25.1 Å². The fourth-order valence-corrected chi connectivity index (χ4v) is 1.74. The highest BCUT2D eigenvalue weighted by Gasteiger charge is 2.28. The molecule has 1 unspecified atom stereocenters. The van der Waals surface area contributed by atoms with E-state index in [-0.39, 0.29) is 6.61 Å². The van der Waals surface area contributed by atoms with Crippen molar-refractivity contribution in [1.82, 2.24) is 0 Å². The van der Waals surface area contributed by atoms with Gasteiger partial charge in [-0.25, -0.2) is 4.79 Å². The molecule has 5 heteroatoms. The normalized spacial score (nSPS) is 18.0. The highest BCUT2D eigenvalue weighted by molar-refractivity contribution is 9.10. The maximum atomic E-state index is 11.4. The summed E-state index contributed by atoms with van der Waals surface area (Å²) in [5, 5.41) is 0. The molecule has 0 saturated heterocycles. The smallest absolute Gasteiger partial charge is 0.350 e. The van der Waals surface area contributed by atoms with Crippen molar-refractivity contribution in [2.45, 2.75) is 13.0 Å². The van der Waals surface area contributed by atoms with Crippen LogP contribution in [0, 0.1) is 0 Å². The molecule has 0 amide bonds. The second-order valence-corrected chi connectivity index (χ2v) is 4.18. The Morgan fingerprint density at radius 1 is 1.56 bits per heavy atom. The first-order valence-corrected chi connectivity index (χ1v) is 5.75. The molecular weight excluding hydrogens is 276 g/mol. The van der Waals surface area contributed by atoms with E-state index in [1.165, 1.54) is 0 Å². The molecule has 0 saturated carbocycles. The second kappa shape index (κ2) is 4.74. The molecule has 86 valence electrons. The summed E-state index contributed by atoms with van der Waals surface area (Å²) in [6, 6.07) is 5.39. The van der Waals surface area contributed by atoms with Crippen LogP contribution in [0.3, 0.4) is 0 Å². The highest BCUT2D eigenvalue weighted by Crippen LogP contribution is 2.34. The van der Waals surface area contributed by atoms with E-state index in [0.717, 1.165) is 4.47 Å². The number of hydrogen-bond donors (Lipinski definition) is 0. The molecule has 0 bridgehead atoms. The van der Waals surface area contributed by atoms with Gasteiger partial charge in [0.05, 0.1) is 6.61 Å². The predicted octanol–water partition coefficient (Wildman–Crippen LogP) is 2.15. The molecule has 0 fully saturated rings. The number of hydrogen-bond acceptors (Lipinski definition) is 4. The molecule has 0 aromatic heterocycles. The van der Waals surface area contributed by atoms with Crippen molar-refractivity contribution in [2.24, 2.45) is 0 Å². The third-order valence-corrected chi connectivity index (χ3v) is 2.61. The van der Waals surface area contributed by atoms with Crippen molar-refractivity contribution < 1.29 is 19.0 Å². The fourth-order valence-electron chi connectivity index (χ4n) is 1.40. The van der Waals surface area contributed by atoms with Gasteiger partial charge in [0.15, 0.2) is 11.5 Å². The van der Waals surface area contributed by atoms with Gasteiger partial charge in [-0.3, -0.25) is 0 Å². The number of carbonyl (C=O) groups is 1. The van der Waals surface area contributed by atoms with Crippen molar-refractivity contribution in [3.8, 4) is 11.5 Å². The van der Waals surface area contributed by atoms with Crippen LogP contribution >= 0.6 is 15.9 Å².